The fourth-order valence-corrected chi connectivity index (χ4v) is 13.4. The van der Waals surface area contributed by atoms with E-state index in [1.54, 1.807) is 16.7 Å². The molecule has 2 aliphatic heterocycles. The van der Waals surface area contributed by atoms with Crippen molar-refractivity contribution in [3.05, 3.63) is 210 Å². The van der Waals surface area contributed by atoms with Gasteiger partial charge in [-0.1, -0.05) is 146 Å². The van der Waals surface area contributed by atoms with E-state index in [0.717, 1.165) is 22.3 Å². The molecule has 6 aromatic rings. The van der Waals surface area contributed by atoms with E-state index < -0.39 is 30.8 Å². The molecule has 56 heavy (non-hydrogen) atoms. The minimum atomic E-state index is -2.45. The molecule has 1 unspecified atom stereocenters. The zero-order chi connectivity index (χ0) is 37.6. The summed E-state index contributed by atoms with van der Waals surface area (Å²) in [6, 6.07) is 59.6. The molecule has 6 aromatic carbocycles. The molecule has 0 radical (unpaired) electrons. The normalized spacial score (nSPS) is 16.3. The number of carbonyl (C=O) groups excluding carboxylic acids is 3. The van der Waals surface area contributed by atoms with Gasteiger partial charge in [-0.2, -0.15) is 0 Å². The fraction of sp³-hybridized carbons (Fsp3) is 0.128. The third kappa shape index (κ3) is 7.88. The summed E-state index contributed by atoms with van der Waals surface area (Å²) in [5.74, 6) is -0.631. The number of nitrogens with zero attached hydrogens (tertiary/aromatic N) is 1. The molecule has 2 heterocycles. The highest BCUT2D eigenvalue weighted by Gasteiger charge is 2.56. The molecule has 1 N–H and O–H groups in total. The van der Waals surface area contributed by atoms with Crippen LogP contribution < -0.4 is 38.2 Å². The number of benzene rings is 6. The van der Waals surface area contributed by atoms with Crippen LogP contribution in [0.2, 0.25) is 0 Å². The first kappa shape index (κ1) is 39.0. The molecular formula is C47H40BrN2O4PS. The van der Waals surface area contributed by atoms with E-state index in [1.165, 1.54) is 15.9 Å². The van der Waals surface area contributed by atoms with E-state index in [9.17, 15) is 9.59 Å². The number of fused-ring (bicyclic) bond motifs is 1. The SMILES string of the molecule is O=C(Cc1ccccc1)NC1C(=O)N2C(C(=O)OC(c3ccccc3)c3ccccc3)=C(C[P+](c3ccccc3)(c3ccccc3)c3ccccc3)CS[C@@H]12.[Br-]. The summed E-state index contributed by atoms with van der Waals surface area (Å²) in [4.78, 5) is 44.1. The van der Waals surface area contributed by atoms with Crippen molar-refractivity contribution in [3.63, 3.8) is 0 Å². The molecule has 0 aliphatic carbocycles. The maximum atomic E-state index is 15.0. The fourth-order valence-electron chi connectivity index (χ4n) is 7.60. The van der Waals surface area contributed by atoms with Gasteiger partial charge in [0.25, 0.3) is 5.91 Å². The molecule has 0 aromatic heterocycles. The van der Waals surface area contributed by atoms with Gasteiger partial charge in [0, 0.05) is 11.3 Å². The highest BCUT2D eigenvalue weighted by Crippen LogP contribution is 2.58. The first-order valence-electron chi connectivity index (χ1n) is 18.4. The van der Waals surface area contributed by atoms with Crippen LogP contribution in [0.3, 0.4) is 0 Å². The zero-order valence-electron chi connectivity index (χ0n) is 30.5. The maximum absolute atomic E-state index is 15.0. The Balaban J connectivity index is 0.00000480. The van der Waals surface area contributed by atoms with Gasteiger partial charge in [0.2, 0.25) is 5.91 Å². The molecule has 1 saturated heterocycles. The summed E-state index contributed by atoms with van der Waals surface area (Å²) in [6.45, 7) is 0. The summed E-state index contributed by atoms with van der Waals surface area (Å²) in [7, 11) is -2.45. The van der Waals surface area contributed by atoms with Crippen molar-refractivity contribution in [2.45, 2.75) is 23.9 Å². The Kier molecular flexibility index (Phi) is 12.3. The number of hydrogen-bond donors (Lipinski definition) is 1. The van der Waals surface area contributed by atoms with Crippen molar-refractivity contribution in [2.75, 3.05) is 11.9 Å². The van der Waals surface area contributed by atoms with Gasteiger partial charge in [-0.25, -0.2) is 4.79 Å². The monoisotopic (exact) mass is 838 g/mol. The molecule has 280 valence electrons. The number of thioether (sulfide) groups is 1. The van der Waals surface area contributed by atoms with Crippen LogP contribution in [-0.2, 0) is 25.5 Å². The lowest BCUT2D eigenvalue weighted by atomic mass is 10.0. The number of halogens is 1. The largest absolute Gasteiger partial charge is 1.00 e. The number of rotatable bonds is 12. The topological polar surface area (TPSA) is 75.7 Å². The molecular weight excluding hydrogens is 799 g/mol. The minimum Gasteiger partial charge on any atom is -1.00 e. The van der Waals surface area contributed by atoms with Crippen molar-refractivity contribution >= 4 is 52.7 Å². The van der Waals surface area contributed by atoms with Gasteiger partial charge < -0.3 is 27.0 Å². The van der Waals surface area contributed by atoms with Crippen LogP contribution in [0.15, 0.2) is 193 Å². The summed E-state index contributed by atoms with van der Waals surface area (Å²) >= 11 is 1.58. The highest BCUT2D eigenvalue weighted by atomic mass is 79.9. The molecule has 2 amide bonds. The van der Waals surface area contributed by atoms with Crippen molar-refractivity contribution in [1.82, 2.24) is 10.2 Å². The van der Waals surface area contributed by atoms with Gasteiger partial charge in [-0.15, -0.1) is 11.8 Å². The Morgan fingerprint density at radius 2 is 1.09 bits per heavy atom. The Hall–Kier alpha value is -5.27. The van der Waals surface area contributed by atoms with Gasteiger partial charge in [-0.3, -0.25) is 14.5 Å². The predicted octanol–water partition coefficient (Wildman–Crippen LogP) is 4.21. The lowest BCUT2D eigenvalue weighted by Crippen LogP contribution is -3.00. The van der Waals surface area contributed by atoms with Crippen molar-refractivity contribution in [2.24, 2.45) is 0 Å². The average Bonchev–Trinajstić information content (AvgIpc) is 3.25. The number of esters is 1. The van der Waals surface area contributed by atoms with Gasteiger partial charge in [0.05, 0.1) is 12.6 Å². The molecule has 0 bridgehead atoms. The second kappa shape index (κ2) is 17.7. The number of carbonyl (C=O) groups is 3. The smallest absolute Gasteiger partial charge is 0.356 e. The van der Waals surface area contributed by atoms with E-state index in [4.69, 9.17) is 4.74 Å². The Labute approximate surface area is 343 Å². The quantitative estimate of drug-likeness (QED) is 0.114. The van der Waals surface area contributed by atoms with Gasteiger partial charge in [0.15, 0.2) is 6.10 Å². The van der Waals surface area contributed by atoms with E-state index in [2.05, 4.69) is 78.1 Å². The average molecular weight is 840 g/mol. The van der Waals surface area contributed by atoms with E-state index >= 15 is 4.79 Å². The third-order valence-corrected chi connectivity index (χ3v) is 15.9. The summed E-state index contributed by atoms with van der Waals surface area (Å²) in [6.07, 6.45) is -0.0245. The van der Waals surface area contributed by atoms with Crippen LogP contribution in [0.4, 0.5) is 0 Å². The minimum absolute atomic E-state index is 0. The number of nitrogens with one attached hydrogen (secondary N) is 1. The molecule has 8 rings (SSSR count). The number of hydrogen-bond acceptors (Lipinski definition) is 5. The van der Waals surface area contributed by atoms with E-state index in [0.29, 0.717) is 11.9 Å². The zero-order valence-corrected chi connectivity index (χ0v) is 33.8. The van der Waals surface area contributed by atoms with Crippen LogP contribution in [0.5, 0.6) is 0 Å². The lowest BCUT2D eigenvalue weighted by Gasteiger charge is -2.50. The van der Waals surface area contributed by atoms with Crippen molar-refractivity contribution in [1.29, 1.82) is 0 Å². The van der Waals surface area contributed by atoms with Crippen LogP contribution >= 0.6 is 19.0 Å². The van der Waals surface area contributed by atoms with E-state index in [-0.39, 0.29) is 40.9 Å². The first-order valence-corrected chi connectivity index (χ1v) is 21.4. The standard InChI is InChI=1S/C47H39N2O4PS.BrH/c50-41(31-34-19-7-1-8-20-34)48-42-45(51)49-43(47(52)53-44(35-21-9-2-10-22-35)36-23-11-3-12-24-36)37(33-55-46(42)49)32-54(38-25-13-4-14-26-38,39-27-15-5-16-28-39)40-29-17-6-18-30-40;/h1-30,42,44,46H,31-33H2;1H/t42?,46-;/m0./s1. The van der Waals surface area contributed by atoms with Gasteiger partial charge in [-0.05, 0) is 53.1 Å². The predicted molar refractivity (Wildman–Crippen MR) is 223 cm³/mol. The lowest BCUT2D eigenvalue weighted by molar-refractivity contribution is -0.154. The van der Waals surface area contributed by atoms with E-state index in [1.807, 2.05) is 109 Å². The van der Waals surface area contributed by atoms with Crippen molar-refractivity contribution in [3.8, 4) is 0 Å². The Bertz CT molecular complexity index is 2160. The molecule has 1 fully saturated rings. The third-order valence-electron chi connectivity index (χ3n) is 10.2. The summed E-state index contributed by atoms with van der Waals surface area (Å²) in [5.41, 5.74) is 3.63. The molecule has 0 spiro atoms. The molecule has 6 nitrogen and oxygen atoms in total. The van der Waals surface area contributed by atoms with Crippen LogP contribution in [0.1, 0.15) is 22.8 Å². The first-order chi connectivity index (χ1) is 27.0. The van der Waals surface area contributed by atoms with Crippen molar-refractivity contribution < 1.29 is 36.1 Å². The van der Waals surface area contributed by atoms with Crippen LogP contribution in [0, 0.1) is 0 Å². The number of amides is 2. The summed E-state index contributed by atoms with van der Waals surface area (Å²) in [5, 5.41) is 6.05. The second-order valence-corrected chi connectivity index (χ2v) is 18.2. The summed E-state index contributed by atoms with van der Waals surface area (Å²) < 4.78 is 6.55. The Morgan fingerprint density at radius 1 is 0.661 bits per heavy atom. The van der Waals surface area contributed by atoms with Gasteiger partial charge >= 0.3 is 5.97 Å². The second-order valence-electron chi connectivity index (χ2n) is 13.7. The molecule has 9 heteroatoms. The van der Waals surface area contributed by atoms with Crippen LogP contribution in [-0.4, -0.2) is 46.0 Å². The highest BCUT2D eigenvalue weighted by molar-refractivity contribution is 8.00. The Morgan fingerprint density at radius 3 is 1.55 bits per heavy atom. The molecule has 2 aliphatic rings. The number of β-lactam (4-membered cyclic amide) rings is 1. The molecule has 2 atom stereocenters. The maximum Gasteiger partial charge on any atom is 0.356 e. The number of ether oxygens (including phenoxy) is 1. The van der Waals surface area contributed by atoms with Crippen LogP contribution in [0.25, 0.3) is 0 Å². The van der Waals surface area contributed by atoms with Gasteiger partial charge in [0.1, 0.15) is 40.3 Å². The molecule has 0 saturated carbocycles.